The zero-order chi connectivity index (χ0) is 27.1. The minimum Gasteiger partial charge on any atom is -0.461 e. The van der Waals surface area contributed by atoms with Crippen LogP contribution in [0.25, 0.3) is 10.1 Å². The summed E-state index contributed by atoms with van der Waals surface area (Å²) in [5, 5.41) is 6.67. The van der Waals surface area contributed by atoms with Gasteiger partial charge in [0.25, 0.3) is 5.91 Å². The largest absolute Gasteiger partial charge is 0.461 e. The second kappa shape index (κ2) is 12.0. The maximum atomic E-state index is 13.7. The molecule has 1 aromatic heterocycles. The Balaban J connectivity index is 1.47. The Morgan fingerprint density at radius 2 is 1.71 bits per heavy atom. The first-order valence-corrected chi connectivity index (χ1v) is 13.2. The smallest absolute Gasteiger partial charge is 0.405 e. The first kappa shape index (κ1) is 26.9. The normalized spacial score (nSPS) is 14.5. The highest BCUT2D eigenvalue weighted by atomic mass is 32.1. The number of likely N-dealkylation sites (tertiary alicyclic amines) is 1. The van der Waals surface area contributed by atoms with Gasteiger partial charge in [-0.2, -0.15) is 0 Å². The summed E-state index contributed by atoms with van der Waals surface area (Å²) >= 11 is 1.32. The van der Waals surface area contributed by atoms with Crippen molar-refractivity contribution in [1.82, 2.24) is 10.2 Å². The summed E-state index contributed by atoms with van der Waals surface area (Å²) in [6.45, 7) is 2.80. The number of nitrogens with one attached hydrogen (secondary N) is 2. The van der Waals surface area contributed by atoms with Gasteiger partial charge in [-0.3, -0.25) is 14.9 Å². The molecule has 11 heteroatoms. The number of urea groups is 1. The van der Waals surface area contributed by atoms with Crippen molar-refractivity contribution >= 4 is 50.4 Å². The molecule has 10 nitrogen and oxygen atoms in total. The third-order valence-electron chi connectivity index (χ3n) is 6.36. The molecule has 0 radical (unpaired) electrons. The van der Waals surface area contributed by atoms with E-state index in [2.05, 4.69) is 10.6 Å². The summed E-state index contributed by atoms with van der Waals surface area (Å²) in [5.41, 5.74) is 5.41. The van der Waals surface area contributed by atoms with Gasteiger partial charge in [-0.1, -0.05) is 48.5 Å². The number of thiophene rings is 1. The van der Waals surface area contributed by atoms with Gasteiger partial charge in [0.2, 0.25) is 0 Å². The molecular formula is C27H30N4O6S. The van der Waals surface area contributed by atoms with Gasteiger partial charge < -0.3 is 25.4 Å². The molecule has 0 saturated carbocycles. The fourth-order valence-electron chi connectivity index (χ4n) is 4.51. The molecule has 2 aromatic carbocycles. The number of hydrogen-bond donors (Lipinski definition) is 3. The van der Waals surface area contributed by atoms with Crippen LogP contribution < -0.4 is 16.4 Å². The van der Waals surface area contributed by atoms with Gasteiger partial charge in [0.15, 0.2) is 0 Å². The highest BCUT2D eigenvalue weighted by Gasteiger charge is 2.42. The van der Waals surface area contributed by atoms with Crippen LogP contribution in [0.1, 0.15) is 42.1 Å². The number of nitrogens with zero attached hydrogens (tertiary/aromatic N) is 1. The fourth-order valence-corrected chi connectivity index (χ4v) is 5.60. The molecule has 0 atom stereocenters. The summed E-state index contributed by atoms with van der Waals surface area (Å²) in [5.74, 6) is -0.777. The van der Waals surface area contributed by atoms with Crippen molar-refractivity contribution in [3.05, 3.63) is 65.7 Å². The molecule has 1 aliphatic rings. The molecule has 4 N–H and O–H groups in total. The lowest BCUT2D eigenvalue weighted by atomic mass is 9.87. The minimum absolute atomic E-state index is 0.101. The summed E-state index contributed by atoms with van der Waals surface area (Å²) in [7, 11) is 0. The van der Waals surface area contributed by atoms with Gasteiger partial charge in [0.1, 0.15) is 17.2 Å². The van der Waals surface area contributed by atoms with Crippen LogP contribution in [0.5, 0.6) is 0 Å². The molecule has 4 rings (SSSR count). The Morgan fingerprint density at radius 3 is 2.39 bits per heavy atom. The Bertz CT molecular complexity index is 1320. The van der Waals surface area contributed by atoms with E-state index in [1.165, 1.54) is 11.3 Å². The third kappa shape index (κ3) is 6.41. The number of rotatable bonds is 8. The van der Waals surface area contributed by atoms with E-state index in [1.807, 2.05) is 61.5 Å². The maximum Gasteiger partial charge on any atom is 0.405 e. The number of anilines is 1. The number of carbonyl (C=O) groups excluding carboxylic acids is 4. The standard InChI is InChI=1S/C27H30N4O6S/c1-2-29-26(35)30-23-22(19-10-6-7-11-20(19)38-23)24(33)31-14-12-27(13-15-31,37-25(28)34)16-21(32)36-17-18-8-4-3-5-9-18/h3-11H,2,12-17H2,1H3,(H2,28,34)(H2,29,30,35). The van der Waals surface area contributed by atoms with E-state index in [9.17, 15) is 19.2 Å². The van der Waals surface area contributed by atoms with Crippen LogP contribution in [0.3, 0.4) is 0 Å². The second-order valence-electron chi connectivity index (χ2n) is 9.01. The highest BCUT2D eigenvalue weighted by molar-refractivity contribution is 7.23. The number of primary amides is 1. The summed E-state index contributed by atoms with van der Waals surface area (Å²) in [6, 6.07) is 16.3. The van der Waals surface area contributed by atoms with Crippen molar-refractivity contribution < 1.29 is 28.7 Å². The number of nitrogens with two attached hydrogens (primary N) is 1. The zero-order valence-corrected chi connectivity index (χ0v) is 21.8. The van der Waals surface area contributed by atoms with E-state index in [0.29, 0.717) is 17.1 Å². The van der Waals surface area contributed by atoms with Crippen molar-refractivity contribution in [2.45, 2.75) is 38.4 Å². The Labute approximate surface area is 224 Å². The average molecular weight is 539 g/mol. The van der Waals surface area contributed by atoms with E-state index >= 15 is 0 Å². The number of hydrogen-bond acceptors (Lipinski definition) is 7. The Morgan fingerprint density at radius 1 is 1.03 bits per heavy atom. The molecular weight excluding hydrogens is 508 g/mol. The van der Waals surface area contributed by atoms with E-state index in [1.54, 1.807) is 4.90 Å². The number of amides is 4. The van der Waals surface area contributed by atoms with Crippen LogP contribution in [-0.4, -0.2) is 54.1 Å². The van der Waals surface area contributed by atoms with Crippen LogP contribution in [0, 0.1) is 0 Å². The molecule has 0 unspecified atom stereocenters. The van der Waals surface area contributed by atoms with Gasteiger partial charge in [-0.25, -0.2) is 9.59 Å². The van der Waals surface area contributed by atoms with Crippen molar-refractivity contribution in [1.29, 1.82) is 0 Å². The summed E-state index contributed by atoms with van der Waals surface area (Å²) in [4.78, 5) is 51.9. The maximum absolute atomic E-state index is 13.7. The van der Waals surface area contributed by atoms with E-state index < -0.39 is 23.7 Å². The van der Waals surface area contributed by atoms with Gasteiger partial charge in [-0.15, -0.1) is 11.3 Å². The number of ether oxygens (including phenoxy) is 2. The van der Waals surface area contributed by atoms with Gasteiger partial charge in [0.05, 0.1) is 12.0 Å². The molecule has 1 fully saturated rings. The topological polar surface area (TPSA) is 140 Å². The molecule has 0 spiro atoms. The number of fused-ring (bicyclic) bond motifs is 1. The van der Waals surface area contributed by atoms with Crippen LogP contribution in [0.2, 0.25) is 0 Å². The quantitative estimate of drug-likeness (QED) is 0.367. The van der Waals surface area contributed by atoms with E-state index in [-0.39, 0.29) is 44.9 Å². The van der Waals surface area contributed by atoms with Crippen LogP contribution >= 0.6 is 11.3 Å². The van der Waals surface area contributed by atoms with Crippen LogP contribution in [-0.2, 0) is 20.9 Å². The first-order chi connectivity index (χ1) is 18.3. The van der Waals surface area contributed by atoms with Gasteiger partial charge in [0, 0.05) is 42.6 Å². The lowest BCUT2D eigenvalue weighted by molar-refractivity contribution is -0.152. The number of piperidine rings is 1. The second-order valence-corrected chi connectivity index (χ2v) is 10.1. The molecule has 0 bridgehead atoms. The van der Waals surface area contributed by atoms with Crippen molar-refractivity contribution in [3.8, 4) is 0 Å². The third-order valence-corrected chi connectivity index (χ3v) is 7.45. The first-order valence-electron chi connectivity index (χ1n) is 12.3. The molecule has 4 amide bonds. The monoisotopic (exact) mass is 538 g/mol. The Hall–Kier alpha value is -4.12. The van der Waals surface area contributed by atoms with Gasteiger partial charge >= 0.3 is 18.1 Å². The molecule has 3 aromatic rings. The van der Waals surface area contributed by atoms with Crippen LogP contribution in [0.15, 0.2) is 54.6 Å². The fraction of sp³-hybridized carbons (Fsp3) is 0.333. The number of carbonyl (C=O) groups is 4. The molecule has 0 aliphatic carbocycles. The average Bonchev–Trinajstić information content (AvgIpc) is 3.25. The Kier molecular flexibility index (Phi) is 8.47. The lowest BCUT2D eigenvalue weighted by Crippen LogP contribution is -2.50. The lowest BCUT2D eigenvalue weighted by Gasteiger charge is -2.40. The molecule has 1 aliphatic heterocycles. The molecule has 2 heterocycles. The van der Waals surface area contributed by atoms with Crippen molar-refractivity contribution in [3.63, 3.8) is 0 Å². The predicted octanol–water partition coefficient (Wildman–Crippen LogP) is 4.25. The van der Waals surface area contributed by atoms with Crippen molar-refractivity contribution in [2.24, 2.45) is 5.73 Å². The molecule has 1 saturated heterocycles. The predicted molar refractivity (Wildman–Crippen MR) is 144 cm³/mol. The highest BCUT2D eigenvalue weighted by Crippen LogP contribution is 2.38. The zero-order valence-electron chi connectivity index (χ0n) is 21.0. The van der Waals surface area contributed by atoms with Crippen molar-refractivity contribution in [2.75, 3.05) is 25.0 Å². The van der Waals surface area contributed by atoms with Gasteiger partial charge in [-0.05, 0) is 18.6 Å². The van der Waals surface area contributed by atoms with Crippen LogP contribution in [0.4, 0.5) is 14.6 Å². The minimum atomic E-state index is -1.17. The summed E-state index contributed by atoms with van der Waals surface area (Å²) < 4.78 is 11.7. The molecule has 200 valence electrons. The SMILES string of the molecule is CCNC(=O)Nc1sc2ccccc2c1C(=O)N1CCC(CC(=O)OCc2ccccc2)(OC(N)=O)CC1. The van der Waals surface area contributed by atoms with E-state index in [0.717, 1.165) is 15.6 Å². The molecule has 38 heavy (non-hydrogen) atoms. The summed E-state index contributed by atoms with van der Waals surface area (Å²) in [6.07, 6.45) is -0.735. The number of benzene rings is 2. The van der Waals surface area contributed by atoms with E-state index in [4.69, 9.17) is 15.2 Å². The number of esters is 1.